The molecular formula is C37H23ClF2N4O3S. The number of aromatic nitrogens is 1. The van der Waals surface area contributed by atoms with Crippen LogP contribution in [0.1, 0.15) is 27.7 Å². The Morgan fingerprint density at radius 3 is 2.44 bits per heavy atom. The fourth-order valence-corrected chi connectivity index (χ4v) is 6.46. The highest BCUT2D eigenvalue weighted by molar-refractivity contribution is 7.98. The van der Waals surface area contributed by atoms with E-state index in [2.05, 4.69) is 23.9 Å². The Hall–Kier alpha value is -5.81. The van der Waals surface area contributed by atoms with E-state index in [0.29, 0.717) is 43.7 Å². The molecule has 11 heteroatoms. The van der Waals surface area contributed by atoms with Crippen LogP contribution in [-0.2, 0) is 0 Å². The van der Waals surface area contributed by atoms with Gasteiger partial charge in [-0.3, -0.25) is 8.77 Å². The molecule has 1 aromatic heterocycles. The number of halogens is 3. The predicted octanol–water partition coefficient (Wildman–Crippen LogP) is 10.3. The number of hydrogen-bond acceptors (Lipinski definition) is 6. The molecule has 5 rings (SSSR count). The molecule has 0 aliphatic heterocycles. The van der Waals surface area contributed by atoms with Crippen molar-refractivity contribution >= 4 is 45.9 Å². The number of carbonyl (C=O) groups excluding carboxylic acids is 1. The number of nitroso groups, excluding NO2 is 1. The van der Waals surface area contributed by atoms with E-state index in [0.717, 1.165) is 0 Å². The van der Waals surface area contributed by atoms with Gasteiger partial charge in [0.1, 0.15) is 24.6 Å². The number of phenolic OH excluding ortho intramolecular Hbond substituents is 1. The second-order valence-electron chi connectivity index (χ2n) is 10.3. The molecule has 0 fully saturated rings. The van der Waals surface area contributed by atoms with Gasteiger partial charge in [0.25, 0.3) is 0 Å². The lowest BCUT2D eigenvalue weighted by atomic mass is 9.93. The molecule has 0 saturated heterocycles. The van der Waals surface area contributed by atoms with Crippen molar-refractivity contribution in [2.45, 2.75) is 11.1 Å². The molecule has 1 N–H and O–H groups in total. The molecule has 0 radical (unpaired) electrons. The number of allylic oxidation sites excluding steroid dienone is 5. The fraction of sp³-hybridized carbons (Fsp3) is 0.0541. The Morgan fingerprint density at radius 2 is 1.79 bits per heavy atom. The van der Waals surface area contributed by atoms with Crippen LogP contribution in [-0.4, -0.2) is 21.7 Å². The highest BCUT2D eigenvalue weighted by Crippen LogP contribution is 2.45. The first-order chi connectivity index (χ1) is 23.2. The Morgan fingerprint density at radius 1 is 1.04 bits per heavy atom. The molecule has 0 spiro atoms. The first-order valence-electron chi connectivity index (χ1n) is 14.2. The van der Waals surface area contributed by atoms with Gasteiger partial charge in [0.15, 0.2) is 6.17 Å². The van der Waals surface area contributed by atoms with E-state index in [1.165, 1.54) is 66.6 Å². The van der Waals surface area contributed by atoms with Crippen LogP contribution in [0.15, 0.2) is 125 Å². The van der Waals surface area contributed by atoms with Gasteiger partial charge in [0.2, 0.25) is 0 Å². The Bertz CT molecular complexity index is 2230. The molecule has 0 aliphatic carbocycles. The number of hydrogen-bond donors (Lipinski definition) is 1. The van der Waals surface area contributed by atoms with Gasteiger partial charge in [0, 0.05) is 42.7 Å². The van der Waals surface area contributed by atoms with Crippen molar-refractivity contribution in [3.8, 4) is 40.3 Å². The Kier molecular flexibility index (Phi) is 10.3. The van der Waals surface area contributed by atoms with Gasteiger partial charge in [-0.2, -0.15) is 10.5 Å². The summed E-state index contributed by atoms with van der Waals surface area (Å²) in [4.78, 5) is 23.3. The zero-order chi connectivity index (χ0) is 34.4. The summed E-state index contributed by atoms with van der Waals surface area (Å²) in [6, 6.07) is 26.8. The summed E-state index contributed by atoms with van der Waals surface area (Å²) in [5, 5.41) is 34.3. The van der Waals surface area contributed by atoms with Crippen molar-refractivity contribution < 1.29 is 18.7 Å². The smallest absolute Gasteiger partial charge is 0.316 e. The van der Waals surface area contributed by atoms with Gasteiger partial charge in [0.05, 0.1) is 22.4 Å². The minimum atomic E-state index is -1.76. The van der Waals surface area contributed by atoms with Crippen molar-refractivity contribution in [3.05, 3.63) is 142 Å². The van der Waals surface area contributed by atoms with Crippen molar-refractivity contribution in [2.75, 3.05) is 6.67 Å². The van der Waals surface area contributed by atoms with Gasteiger partial charge in [-0.25, -0.2) is 8.78 Å². The second kappa shape index (κ2) is 14.7. The number of nitrogens with zero attached hydrogens (tertiary/aromatic N) is 4. The number of fused-ring (bicyclic) bond motifs is 1. The van der Waals surface area contributed by atoms with Gasteiger partial charge in [-0.15, -0.1) is 4.91 Å². The van der Waals surface area contributed by atoms with E-state index in [4.69, 9.17) is 11.6 Å². The average Bonchev–Trinajstić information content (AvgIpc) is 3.41. The number of benzene rings is 4. The van der Waals surface area contributed by atoms with Gasteiger partial charge >= 0.3 is 5.91 Å². The van der Waals surface area contributed by atoms with Crippen LogP contribution in [0.4, 0.5) is 8.78 Å². The van der Waals surface area contributed by atoms with E-state index in [9.17, 15) is 34.1 Å². The first kappa shape index (κ1) is 33.6. The third kappa shape index (κ3) is 6.67. The first-order valence-corrected chi connectivity index (χ1v) is 15.4. The summed E-state index contributed by atoms with van der Waals surface area (Å²) < 4.78 is 28.9. The van der Waals surface area contributed by atoms with Crippen LogP contribution in [0.3, 0.4) is 0 Å². The number of carbonyl (C=O) groups is 1. The van der Waals surface area contributed by atoms with E-state index in [1.54, 1.807) is 42.5 Å². The third-order valence-corrected chi connectivity index (χ3v) is 8.74. The predicted molar refractivity (Wildman–Crippen MR) is 185 cm³/mol. The second-order valence-corrected chi connectivity index (χ2v) is 11.7. The molecule has 1 atom stereocenters. The molecule has 1 unspecified atom stereocenters. The van der Waals surface area contributed by atoms with Gasteiger partial charge in [-0.1, -0.05) is 66.7 Å². The van der Waals surface area contributed by atoms with Crippen LogP contribution < -0.4 is 0 Å². The molecule has 1 amide bonds. The normalized spacial score (nSPS) is 12.3. The average molecular weight is 677 g/mol. The quantitative estimate of drug-likeness (QED) is 0.0893. The molecule has 0 saturated carbocycles. The van der Waals surface area contributed by atoms with E-state index in [-0.39, 0.29) is 33.0 Å². The maximum Gasteiger partial charge on any atom is 0.316 e. The largest absolute Gasteiger partial charge is 0.508 e. The number of amides is 1. The van der Waals surface area contributed by atoms with Crippen LogP contribution in [0, 0.1) is 27.6 Å². The number of nitriles is 2. The van der Waals surface area contributed by atoms with Crippen LogP contribution in [0.5, 0.6) is 5.75 Å². The molecule has 7 nitrogen and oxygen atoms in total. The molecule has 236 valence electrons. The van der Waals surface area contributed by atoms with Crippen molar-refractivity contribution in [1.82, 2.24) is 3.97 Å². The van der Waals surface area contributed by atoms with Crippen molar-refractivity contribution in [2.24, 2.45) is 5.18 Å². The number of alkyl halides is 2. The van der Waals surface area contributed by atoms with Crippen molar-refractivity contribution in [3.63, 3.8) is 0 Å². The monoisotopic (exact) mass is 676 g/mol. The third-order valence-electron chi connectivity index (χ3n) is 7.38. The summed E-state index contributed by atoms with van der Waals surface area (Å²) in [6.45, 7) is 2.50. The molecular weight excluding hydrogens is 654 g/mol. The lowest BCUT2D eigenvalue weighted by molar-refractivity contribution is 0.100. The van der Waals surface area contributed by atoms with E-state index in [1.807, 2.05) is 10.0 Å². The maximum atomic E-state index is 14.0. The fourth-order valence-electron chi connectivity index (χ4n) is 5.15. The maximum absolute atomic E-state index is 14.0. The lowest BCUT2D eigenvalue weighted by Gasteiger charge is -2.14. The standard InChI is InChI=1S/C37H23ClF2N4O3S/c1-2-3-5-26(20-41)31(21-42)35-30-18-27(45)11-15-34(30)44(48-28-12-8-22(9-13-28)33(40)19-39)36(35)24-7-4-6-23(16-24)29-14-10-25(17-32(29)38)37(46)43-47/h2-18,33,45H,1,19H2/b5-3-,31-26-. The number of aromatic hydroxyl groups is 1. The summed E-state index contributed by atoms with van der Waals surface area (Å²) >= 11 is 7.79. The highest BCUT2D eigenvalue weighted by Gasteiger charge is 2.25. The van der Waals surface area contributed by atoms with Crippen LogP contribution in [0.25, 0.3) is 38.9 Å². The van der Waals surface area contributed by atoms with Gasteiger partial charge < -0.3 is 5.11 Å². The van der Waals surface area contributed by atoms with Gasteiger partial charge in [-0.05, 0) is 77.7 Å². The summed E-state index contributed by atoms with van der Waals surface area (Å²) in [6.07, 6.45) is 2.73. The summed E-state index contributed by atoms with van der Waals surface area (Å²) in [5.41, 5.74) is 3.51. The lowest BCUT2D eigenvalue weighted by Crippen LogP contribution is -1.97. The number of phenols is 1. The molecule has 0 bridgehead atoms. The summed E-state index contributed by atoms with van der Waals surface area (Å²) in [7, 11) is 0. The zero-order valence-electron chi connectivity index (χ0n) is 24.9. The van der Waals surface area contributed by atoms with Crippen molar-refractivity contribution in [1.29, 1.82) is 10.5 Å². The minimum Gasteiger partial charge on any atom is -0.508 e. The summed E-state index contributed by atoms with van der Waals surface area (Å²) in [5.74, 6) is -1.03. The molecule has 1 heterocycles. The van der Waals surface area contributed by atoms with Crippen LogP contribution in [0.2, 0.25) is 5.02 Å². The van der Waals surface area contributed by atoms with E-state index < -0.39 is 18.8 Å². The molecule has 0 aliphatic rings. The molecule has 48 heavy (non-hydrogen) atoms. The SMILES string of the molecule is C=C/C=C\C(C#N)=C(/C#N)c1c(-c2cccc(-c3ccc(C(=O)N=O)cc3Cl)c2)n(Sc2ccc(C(F)CF)cc2)c2ccc(O)cc12. The van der Waals surface area contributed by atoms with E-state index >= 15 is 0 Å². The Balaban J connectivity index is 1.83. The topological polar surface area (TPSA) is 119 Å². The van der Waals surface area contributed by atoms with Crippen LogP contribution >= 0.6 is 23.5 Å². The molecule has 4 aromatic carbocycles. The Labute approximate surface area is 283 Å². The zero-order valence-corrected chi connectivity index (χ0v) is 26.5. The molecule has 5 aromatic rings. The highest BCUT2D eigenvalue weighted by atomic mass is 35.5. The number of rotatable bonds is 10. The minimum absolute atomic E-state index is 0.0329.